The van der Waals surface area contributed by atoms with Gasteiger partial charge in [-0.3, -0.25) is 4.79 Å². The molecule has 2 N–H and O–H groups in total. The van der Waals surface area contributed by atoms with Crippen molar-refractivity contribution in [1.29, 1.82) is 0 Å². The maximum absolute atomic E-state index is 13.7. The van der Waals surface area contributed by atoms with E-state index >= 15 is 0 Å². The second-order valence-electron chi connectivity index (χ2n) is 8.45. The van der Waals surface area contributed by atoms with Crippen LogP contribution < -0.4 is 20.3 Å². The largest absolute Gasteiger partial charge is 0.481 e. The van der Waals surface area contributed by atoms with Crippen LogP contribution in [0.15, 0.2) is 36.4 Å². The Hall–Kier alpha value is -3.37. The van der Waals surface area contributed by atoms with Gasteiger partial charge in [-0.05, 0) is 36.2 Å². The molecular formula is C23H22F5N3O3. The van der Waals surface area contributed by atoms with Gasteiger partial charge < -0.3 is 20.3 Å². The summed E-state index contributed by atoms with van der Waals surface area (Å²) in [5.74, 6) is -0.393. The fourth-order valence-electron chi connectivity index (χ4n) is 4.21. The maximum atomic E-state index is 13.7. The fraction of sp³-hybridized carbons (Fsp3) is 0.391. The first-order valence-electron chi connectivity index (χ1n) is 10.5. The number of nitrogens with zero attached hydrogens (tertiary/aromatic N) is 1. The highest BCUT2D eigenvalue weighted by Crippen LogP contribution is 2.43. The fourth-order valence-corrected chi connectivity index (χ4v) is 4.21. The standard InChI is InChI=1S/C23H22F5N3O3/c1-31-18-9-15(5-2-13(18)3-7-20(31)32)29-21(33)30-17-10-22(11-24,12-25)34-19-8-14(23(26,27)28)4-6-16(17)19/h2,4-6,8-9,17H,3,7,10-12H2,1H3,(H2,29,30,33)/t17-/m1/s1. The molecule has 0 unspecified atom stereocenters. The zero-order valence-electron chi connectivity index (χ0n) is 18.1. The van der Waals surface area contributed by atoms with Gasteiger partial charge in [0.2, 0.25) is 5.91 Å². The number of hydrogen-bond donors (Lipinski definition) is 2. The van der Waals surface area contributed by atoms with Gasteiger partial charge in [-0.25, -0.2) is 13.6 Å². The Morgan fingerprint density at radius 1 is 1.15 bits per heavy atom. The Morgan fingerprint density at radius 3 is 2.56 bits per heavy atom. The van der Waals surface area contributed by atoms with Crippen molar-refractivity contribution >= 4 is 23.3 Å². The quantitative estimate of drug-likeness (QED) is 0.606. The minimum absolute atomic E-state index is 0.0556. The first kappa shape index (κ1) is 23.8. The molecule has 4 rings (SSSR count). The summed E-state index contributed by atoms with van der Waals surface area (Å²) >= 11 is 0. The van der Waals surface area contributed by atoms with Crippen LogP contribution in [-0.4, -0.2) is 37.9 Å². The molecule has 0 saturated heterocycles. The van der Waals surface area contributed by atoms with Gasteiger partial charge in [0.1, 0.15) is 19.1 Å². The molecule has 11 heteroatoms. The van der Waals surface area contributed by atoms with Crippen molar-refractivity contribution in [2.24, 2.45) is 0 Å². The van der Waals surface area contributed by atoms with E-state index in [2.05, 4.69) is 10.6 Å². The van der Waals surface area contributed by atoms with Gasteiger partial charge in [0.05, 0.1) is 11.6 Å². The first-order valence-corrected chi connectivity index (χ1v) is 10.5. The SMILES string of the molecule is CN1C(=O)CCc2ccc(NC(=O)N[C@@H]3CC(CF)(CF)Oc4cc(C(F)(F)F)ccc43)cc21. The summed E-state index contributed by atoms with van der Waals surface area (Å²) < 4.78 is 72.1. The van der Waals surface area contributed by atoms with Crippen LogP contribution in [0.5, 0.6) is 5.75 Å². The van der Waals surface area contributed by atoms with Crippen molar-refractivity contribution in [2.45, 2.75) is 37.1 Å². The molecule has 0 fully saturated rings. The summed E-state index contributed by atoms with van der Waals surface area (Å²) in [5, 5.41) is 5.19. The minimum Gasteiger partial charge on any atom is -0.481 e. The Labute approximate surface area is 192 Å². The van der Waals surface area contributed by atoms with Crippen LogP contribution in [0.25, 0.3) is 0 Å². The molecule has 2 aromatic carbocycles. The summed E-state index contributed by atoms with van der Waals surface area (Å²) in [6, 6.07) is 5.97. The van der Waals surface area contributed by atoms with E-state index in [1.807, 2.05) is 0 Å². The lowest BCUT2D eigenvalue weighted by Crippen LogP contribution is -2.49. The van der Waals surface area contributed by atoms with E-state index in [4.69, 9.17) is 4.74 Å². The number of fused-ring (bicyclic) bond motifs is 2. The van der Waals surface area contributed by atoms with Crippen molar-refractivity contribution in [3.63, 3.8) is 0 Å². The zero-order valence-corrected chi connectivity index (χ0v) is 18.1. The van der Waals surface area contributed by atoms with E-state index in [-0.39, 0.29) is 23.6 Å². The van der Waals surface area contributed by atoms with Crippen molar-refractivity contribution in [3.8, 4) is 5.75 Å². The number of hydrogen-bond acceptors (Lipinski definition) is 3. The van der Waals surface area contributed by atoms with Crippen molar-refractivity contribution in [2.75, 3.05) is 30.6 Å². The normalized spacial score (nSPS) is 19.1. The number of urea groups is 1. The lowest BCUT2D eigenvalue weighted by atomic mass is 9.88. The predicted octanol–water partition coefficient (Wildman–Crippen LogP) is 4.94. The number of halogens is 5. The monoisotopic (exact) mass is 483 g/mol. The third-order valence-corrected chi connectivity index (χ3v) is 6.10. The smallest absolute Gasteiger partial charge is 0.416 e. The number of nitrogens with one attached hydrogen (secondary N) is 2. The number of benzene rings is 2. The molecule has 0 aliphatic carbocycles. The van der Waals surface area contributed by atoms with Crippen molar-refractivity contribution < 1.29 is 36.3 Å². The number of rotatable bonds is 4. The Morgan fingerprint density at radius 2 is 1.88 bits per heavy atom. The van der Waals surface area contributed by atoms with Crippen LogP contribution in [0.1, 0.15) is 35.6 Å². The van der Waals surface area contributed by atoms with E-state index in [0.29, 0.717) is 30.3 Å². The van der Waals surface area contributed by atoms with Gasteiger partial charge in [0, 0.05) is 36.8 Å². The average molecular weight is 483 g/mol. The number of carbonyl (C=O) groups excluding carboxylic acids is 2. The summed E-state index contributed by atoms with van der Waals surface area (Å²) in [6.45, 7) is -2.58. The van der Waals surface area contributed by atoms with E-state index in [0.717, 1.165) is 17.7 Å². The molecule has 2 heterocycles. The third kappa shape index (κ3) is 4.51. The van der Waals surface area contributed by atoms with Gasteiger partial charge in [-0.1, -0.05) is 12.1 Å². The van der Waals surface area contributed by atoms with E-state index in [1.54, 1.807) is 25.2 Å². The van der Waals surface area contributed by atoms with Gasteiger partial charge in [0.25, 0.3) is 0 Å². The van der Waals surface area contributed by atoms with Crippen molar-refractivity contribution in [1.82, 2.24) is 5.32 Å². The van der Waals surface area contributed by atoms with E-state index in [9.17, 15) is 31.5 Å². The number of aryl methyl sites for hydroxylation is 1. The predicted molar refractivity (Wildman–Crippen MR) is 114 cm³/mol. The van der Waals surface area contributed by atoms with Crippen LogP contribution in [0.2, 0.25) is 0 Å². The molecule has 0 spiro atoms. The summed E-state index contributed by atoms with van der Waals surface area (Å²) in [4.78, 5) is 26.2. The van der Waals surface area contributed by atoms with Gasteiger partial charge in [-0.2, -0.15) is 13.2 Å². The van der Waals surface area contributed by atoms with Crippen molar-refractivity contribution in [3.05, 3.63) is 53.1 Å². The summed E-state index contributed by atoms with van der Waals surface area (Å²) in [5.41, 5.74) is -0.891. The summed E-state index contributed by atoms with van der Waals surface area (Å²) in [7, 11) is 1.63. The Bertz CT molecular complexity index is 1120. The number of alkyl halides is 5. The molecule has 182 valence electrons. The molecular weight excluding hydrogens is 461 g/mol. The maximum Gasteiger partial charge on any atom is 0.416 e. The number of anilines is 2. The highest BCUT2D eigenvalue weighted by molar-refractivity contribution is 5.97. The molecule has 2 aliphatic rings. The van der Waals surface area contributed by atoms with Crippen LogP contribution >= 0.6 is 0 Å². The van der Waals surface area contributed by atoms with E-state index in [1.165, 1.54) is 4.90 Å². The molecule has 3 amide bonds. The molecule has 0 radical (unpaired) electrons. The minimum atomic E-state index is -4.68. The van der Waals surface area contributed by atoms with Gasteiger partial charge >= 0.3 is 12.2 Å². The van der Waals surface area contributed by atoms with Crippen LogP contribution in [0.3, 0.4) is 0 Å². The lowest BCUT2D eigenvalue weighted by molar-refractivity contribution is -0.138. The number of ether oxygens (including phenoxy) is 1. The molecule has 0 bridgehead atoms. The molecule has 6 nitrogen and oxygen atoms in total. The number of amides is 3. The van der Waals surface area contributed by atoms with E-state index < -0.39 is 42.8 Å². The van der Waals surface area contributed by atoms with Crippen LogP contribution in [-0.2, 0) is 17.4 Å². The number of carbonyl (C=O) groups is 2. The second kappa shape index (κ2) is 8.77. The first-order chi connectivity index (χ1) is 16.0. The Kier molecular flexibility index (Phi) is 6.13. The topological polar surface area (TPSA) is 70.7 Å². The van der Waals surface area contributed by atoms with Gasteiger partial charge in [0.15, 0.2) is 5.60 Å². The molecule has 2 aliphatic heterocycles. The van der Waals surface area contributed by atoms with Crippen LogP contribution in [0, 0.1) is 0 Å². The average Bonchev–Trinajstić information content (AvgIpc) is 2.80. The highest BCUT2D eigenvalue weighted by atomic mass is 19.4. The Balaban J connectivity index is 1.57. The molecule has 34 heavy (non-hydrogen) atoms. The van der Waals surface area contributed by atoms with Crippen LogP contribution in [0.4, 0.5) is 38.1 Å². The third-order valence-electron chi connectivity index (χ3n) is 6.10. The lowest BCUT2D eigenvalue weighted by Gasteiger charge is -2.39. The summed E-state index contributed by atoms with van der Waals surface area (Å²) in [6.07, 6.45) is -4.02. The zero-order chi connectivity index (χ0) is 24.7. The molecule has 1 atom stereocenters. The second-order valence-corrected chi connectivity index (χ2v) is 8.45. The highest BCUT2D eigenvalue weighted by Gasteiger charge is 2.43. The molecule has 0 saturated carbocycles. The molecule has 0 aromatic heterocycles. The molecule has 2 aromatic rings. The van der Waals surface area contributed by atoms with Gasteiger partial charge in [-0.15, -0.1) is 0 Å².